The van der Waals surface area contributed by atoms with Crippen molar-refractivity contribution >= 4 is 11.3 Å². The Labute approximate surface area is 73.0 Å². The molecule has 0 nitrogen and oxygen atoms in total. The van der Waals surface area contributed by atoms with Crippen LogP contribution in [0.2, 0.25) is 0 Å². The number of halogens is 3. The molecule has 0 radical (unpaired) electrons. The van der Waals surface area contributed by atoms with Gasteiger partial charge in [0, 0.05) is 10.3 Å². The number of alkyl halides is 3. The first kappa shape index (κ1) is 9.58. The van der Waals surface area contributed by atoms with Crippen LogP contribution in [0.4, 0.5) is 13.2 Å². The maximum atomic E-state index is 12.0. The minimum atomic E-state index is -4.18. The highest BCUT2D eigenvalue weighted by molar-refractivity contribution is 7.10. The van der Waals surface area contributed by atoms with Crippen LogP contribution in [0.25, 0.3) is 0 Å². The van der Waals surface area contributed by atoms with E-state index in [1.165, 1.54) is 22.8 Å². The van der Waals surface area contributed by atoms with E-state index in [-0.39, 0.29) is 0 Å². The zero-order valence-corrected chi connectivity index (χ0v) is 7.43. The van der Waals surface area contributed by atoms with Crippen molar-refractivity contribution in [2.24, 2.45) is 0 Å². The molecule has 0 aromatic carbocycles. The topological polar surface area (TPSA) is 0 Å². The number of hydrogen-bond donors (Lipinski definition) is 0. The van der Waals surface area contributed by atoms with Crippen LogP contribution in [-0.4, -0.2) is 0 Å². The molecule has 0 unspecified atom stereocenters. The second-order valence-corrected chi connectivity index (χ2v) is 3.55. The fourth-order valence-corrected chi connectivity index (χ4v) is 1.90. The van der Waals surface area contributed by atoms with E-state index in [0.29, 0.717) is 0 Å². The molecule has 0 aliphatic rings. The SMILES string of the molecule is CCCc1cc(C(F)(F)F)cs1. The number of rotatable bonds is 2. The predicted octanol–water partition coefficient (Wildman–Crippen LogP) is 3.72. The molecule has 0 aliphatic heterocycles. The summed E-state index contributed by atoms with van der Waals surface area (Å²) in [5, 5.41) is 1.17. The second kappa shape index (κ2) is 3.47. The highest BCUT2D eigenvalue weighted by Gasteiger charge is 2.31. The summed E-state index contributed by atoms with van der Waals surface area (Å²) in [5.74, 6) is 0. The van der Waals surface area contributed by atoms with Crippen molar-refractivity contribution in [3.63, 3.8) is 0 Å². The lowest BCUT2D eigenvalue weighted by Crippen LogP contribution is -2.02. The fraction of sp³-hybridized carbons (Fsp3) is 0.500. The van der Waals surface area contributed by atoms with Crippen LogP contribution in [0, 0.1) is 0 Å². The normalized spacial score (nSPS) is 12.0. The fourth-order valence-electron chi connectivity index (χ4n) is 0.907. The first-order chi connectivity index (χ1) is 5.54. The van der Waals surface area contributed by atoms with Crippen LogP contribution in [0.5, 0.6) is 0 Å². The molecular weight excluding hydrogens is 185 g/mol. The highest BCUT2D eigenvalue weighted by Crippen LogP contribution is 2.32. The third kappa shape index (κ3) is 2.24. The number of hydrogen-bond acceptors (Lipinski definition) is 1. The van der Waals surface area contributed by atoms with Crippen molar-refractivity contribution in [3.05, 3.63) is 21.9 Å². The largest absolute Gasteiger partial charge is 0.417 e. The van der Waals surface area contributed by atoms with Gasteiger partial charge in [0.1, 0.15) is 0 Å². The van der Waals surface area contributed by atoms with Gasteiger partial charge in [-0.3, -0.25) is 0 Å². The van der Waals surface area contributed by atoms with E-state index in [1.807, 2.05) is 6.92 Å². The molecule has 0 fully saturated rings. The Morgan fingerprint density at radius 1 is 1.42 bits per heavy atom. The van der Waals surface area contributed by atoms with Gasteiger partial charge in [-0.2, -0.15) is 13.2 Å². The molecule has 0 saturated carbocycles. The summed E-state index contributed by atoms with van der Waals surface area (Å²) in [6, 6.07) is 1.23. The summed E-state index contributed by atoms with van der Waals surface area (Å²) in [6.07, 6.45) is -2.55. The Kier molecular flexibility index (Phi) is 2.77. The van der Waals surface area contributed by atoms with E-state index in [1.54, 1.807) is 0 Å². The van der Waals surface area contributed by atoms with Gasteiger partial charge in [0.15, 0.2) is 0 Å². The molecule has 4 heteroatoms. The monoisotopic (exact) mass is 194 g/mol. The molecule has 0 saturated heterocycles. The lowest BCUT2D eigenvalue weighted by molar-refractivity contribution is -0.137. The van der Waals surface area contributed by atoms with Crippen molar-refractivity contribution < 1.29 is 13.2 Å². The van der Waals surface area contributed by atoms with Crippen LogP contribution >= 0.6 is 11.3 Å². The molecule has 1 heterocycles. The van der Waals surface area contributed by atoms with Crippen molar-refractivity contribution in [2.75, 3.05) is 0 Å². The molecular formula is C8H9F3S. The van der Waals surface area contributed by atoms with Crippen molar-refractivity contribution in [2.45, 2.75) is 25.9 Å². The van der Waals surface area contributed by atoms with Gasteiger partial charge in [0.2, 0.25) is 0 Å². The van der Waals surface area contributed by atoms with Crippen LogP contribution in [0.1, 0.15) is 23.8 Å². The van der Waals surface area contributed by atoms with E-state index in [2.05, 4.69) is 0 Å². The molecule has 0 aliphatic carbocycles. The highest BCUT2D eigenvalue weighted by atomic mass is 32.1. The third-order valence-corrected chi connectivity index (χ3v) is 2.47. The molecule has 1 rings (SSSR count). The quantitative estimate of drug-likeness (QED) is 0.673. The summed E-state index contributed by atoms with van der Waals surface area (Å²) in [7, 11) is 0. The number of thiophene rings is 1. The van der Waals surface area contributed by atoms with Gasteiger partial charge in [0.05, 0.1) is 5.56 Å². The number of aryl methyl sites for hydroxylation is 1. The van der Waals surface area contributed by atoms with Crippen molar-refractivity contribution in [1.29, 1.82) is 0 Å². The molecule has 0 amide bonds. The maximum Gasteiger partial charge on any atom is 0.417 e. The smallest absolute Gasteiger partial charge is 0.166 e. The molecule has 12 heavy (non-hydrogen) atoms. The predicted molar refractivity (Wildman–Crippen MR) is 43.3 cm³/mol. The van der Waals surface area contributed by atoms with Crippen LogP contribution in [0.15, 0.2) is 11.4 Å². The van der Waals surface area contributed by atoms with Gasteiger partial charge in [-0.1, -0.05) is 13.3 Å². The molecule has 0 atom stereocenters. The molecule has 68 valence electrons. The van der Waals surface area contributed by atoms with E-state index in [0.717, 1.165) is 17.7 Å². The molecule has 1 aromatic heterocycles. The summed E-state index contributed by atoms with van der Waals surface area (Å²) in [5.41, 5.74) is -0.518. The van der Waals surface area contributed by atoms with Crippen LogP contribution in [-0.2, 0) is 12.6 Å². The van der Waals surface area contributed by atoms with E-state index in [9.17, 15) is 13.2 Å². The Balaban J connectivity index is 2.77. The first-order valence-corrected chi connectivity index (χ1v) is 4.56. The van der Waals surface area contributed by atoms with Crippen molar-refractivity contribution in [3.8, 4) is 0 Å². The minimum absolute atomic E-state index is 0.518. The Bertz CT molecular complexity index is 249. The lowest BCUT2D eigenvalue weighted by Gasteiger charge is -2.00. The van der Waals surface area contributed by atoms with E-state index < -0.39 is 11.7 Å². The first-order valence-electron chi connectivity index (χ1n) is 3.68. The van der Waals surface area contributed by atoms with Gasteiger partial charge < -0.3 is 0 Å². The second-order valence-electron chi connectivity index (χ2n) is 2.55. The summed E-state index contributed by atoms with van der Waals surface area (Å²) in [4.78, 5) is 0.810. The summed E-state index contributed by atoms with van der Waals surface area (Å²) in [6.45, 7) is 1.95. The summed E-state index contributed by atoms with van der Waals surface area (Å²) >= 11 is 1.18. The van der Waals surface area contributed by atoms with Gasteiger partial charge >= 0.3 is 6.18 Å². The van der Waals surface area contributed by atoms with Crippen molar-refractivity contribution in [1.82, 2.24) is 0 Å². The van der Waals surface area contributed by atoms with E-state index in [4.69, 9.17) is 0 Å². The zero-order valence-electron chi connectivity index (χ0n) is 6.61. The zero-order chi connectivity index (χ0) is 9.19. The molecule has 0 spiro atoms. The van der Waals surface area contributed by atoms with Crippen LogP contribution < -0.4 is 0 Å². The van der Waals surface area contributed by atoms with Crippen LogP contribution in [0.3, 0.4) is 0 Å². The molecule has 1 aromatic rings. The van der Waals surface area contributed by atoms with Gasteiger partial charge in [0.25, 0.3) is 0 Å². The lowest BCUT2D eigenvalue weighted by atomic mass is 10.2. The van der Waals surface area contributed by atoms with Gasteiger partial charge in [-0.25, -0.2) is 0 Å². The average molecular weight is 194 g/mol. The third-order valence-electron chi connectivity index (χ3n) is 1.48. The van der Waals surface area contributed by atoms with E-state index >= 15 is 0 Å². The van der Waals surface area contributed by atoms with Gasteiger partial charge in [-0.15, -0.1) is 11.3 Å². The standard InChI is InChI=1S/C8H9F3S/c1-2-3-7-4-6(5-12-7)8(9,10)11/h4-5H,2-3H2,1H3. The summed E-state index contributed by atoms with van der Waals surface area (Å²) < 4.78 is 36.1. The molecule has 0 N–H and O–H groups in total. The maximum absolute atomic E-state index is 12.0. The Morgan fingerprint density at radius 2 is 2.08 bits per heavy atom. The Hall–Kier alpha value is -0.510. The average Bonchev–Trinajstić information content (AvgIpc) is 2.35. The minimum Gasteiger partial charge on any atom is -0.166 e. The Morgan fingerprint density at radius 3 is 2.50 bits per heavy atom. The molecule has 0 bridgehead atoms. The van der Waals surface area contributed by atoms with Gasteiger partial charge in [-0.05, 0) is 12.5 Å².